The molecule has 0 fully saturated rings. The monoisotopic (exact) mass is 362 g/mol. The lowest BCUT2D eigenvalue weighted by atomic mass is 9.92. The Hall–Kier alpha value is -3.17. The van der Waals surface area contributed by atoms with Crippen LogP contribution in [0, 0.1) is 18.3 Å². The van der Waals surface area contributed by atoms with Crippen molar-refractivity contribution < 1.29 is 9.13 Å². The highest BCUT2D eigenvalue weighted by Crippen LogP contribution is 2.41. The summed E-state index contributed by atoms with van der Waals surface area (Å²) in [6.07, 6.45) is 2.46. The van der Waals surface area contributed by atoms with E-state index in [4.69, 9.17) is 10.00 Å². The zero-order valence-electron chi connectivity index (χ0n) is 15.4. The summed E-state index contributed by atoms with van der Waals surface area (Å²) < 4.78 is 21.8. The van der Waals surface area contributed by atoms with Crippen LogP contribution in [0.5, 0.6) is 0 Å². The number of ether oxygens (including phenoxy) is 1. The second-order valence-electron chi connectivity index (χ2n) is 6.58. The molecule has 2 N–H and O–H groups in total. The number of hydrogen-bond donors (Lipinski definition) is 2. The Bertz CT molecular complexity index is 1200. The average molecular weight is 362 g/mol. The Morgan fingerprint density at radius 1 is 1.30 bits per heavy atom. The van der Waals surface area contributed by atoms with Crippen LogP contribution in [0.2, 0.25) is 0 Å². The highest BCUT2D eigenvalue weighted by molar-refractivity contribution is 5.88. The topological polar surface area (TPSA) is 77.5 Å². The molecule has 2 aromatic heterocycles. The molecule has 1 atom stereocenters. The van der Waals surface area contributed by atoms with Crippen molar-refractivity contribution in [1.29, 1.82) is 5.26 Å². The first-order valence-corrected chi connectivity index (χ1v) is 8.76. The number of benzene rings is 2. The van der Waals surface area contributed by atoms with Crippen molar-refractivity contribution in [3.05, 3.63) is 64.6 Å². The van der Waals surface area contributed by atoms with Crippen LogP contribution >= 0.6 is 0 Å². The molecule has 4 rings (SSSR count). The average Bonchev–Trinajstić information content (AvgIpc) is 3.33. The minimum atomic E-state index is -2.24. The molecule has 27 heavy (non-hydrogen) atoms. The summed E-state index contributed by atoms with van der Waals surface area (Å²) in [5.41, 5.74) is 4.90. The van der Waals surface area contributed by atoms with Gasteiger partial charge in [0.25, 0.3) is 5.85 Å². The van der Waals surface area contributed by atoms with Gasteiger partial charge in [0.05, 0.1) is 22.7 Å². The van der Waals surface area contributed by atoms with E-state index < -0.39 is 5.85 Å². The third-order valence-corrected chi connectivity index (χ3v) is 5.02. The van der Waals surface area contributed by atoms with Crippen LogP contribution in [0.3, 0.4) is 0 Å². The number of aromatic amines is 2. The van der Waals surface area contributed by atoms with Gasteiger partial charge in [-0.15, -0.1) is 0 Å². The molecule has 1 unspecified atom stereocenters. The fourth-order valence-electron chi connectivity index (χ4n) is 3.69. The number of methoxy groups -OCH3 is 1. The van der Waals surface area contributed by atoms with Gasteiger partial charge in [-0.1, -0.05) is 13.0 Å². The maximum Gasteiger partial charge on any atom is 0.294 e. The third kappa shape index (κ3) is 2.51. The molecular formula is C21H19FN4O. The Morgan fingerprint density at radius 3 is 2.81 bits per heavy atom. The van der Waals surface area contributed by atoms with Gasteiger partial charge in [-0.05, 0) is 48.7 Å². The first-order valence-electron chi connectivity index (χ1n) is 8.76. The summed E-state index contributed by atoms with van der Waals surface area (Å²) in [5, 5.41) is 9.86. The van der Waals surface area contributed by atoms with Crippen molar-refractivity contribution in [3.8, 4) is 6.07 Å². The molecule has 2 heterocycles. The normalized spacial score (nSPS) is 13.7. The SMILES string of the molecule is CCc1cc(C)c2[nH]ccc2c1C(F)(OC)c1nc2cc(C#N)ccc2[nH]1. The number of nitrogens with one attached hydrogen (secondary N) is 2. The second kappa shape index (κ2) is 6.22. The number of alkyl halides is 1. The van der Waals surface area contributed by atoms with E-state index in [0.717, 1.165) is 22.0 Å². The Balaban J connectivity index is 2.01. The molecule has 5 nitrogen and oxygen atoms in total. The number of hydrogen-bond acceptors (Lipinski definition) is 3. The van der Waals surface area contributed by atoms with Crippen LogP contribution in [0.4, 0.5) is 4.39 Å². The zero-order valence-corrected chi connectivity index (χ0v) is 15.4. The third-order valence-electron chi connectivity index (χ3n) is 5.02. The highest BCUT2D eigenvalue weighted by atomic mass is 19.2. The minimum absolute atomic E-state index is 0.0659. The van der Waals surface area contributed by atoms with Gasteiger partial charge in [0.15, 0.2) is 5.82 Å². The minimum Gasteiger partial charge on any atom is -0.361 e. The first kappa shape index (κ1) is 17.3. The lowest BCUT2D eigenvalue weighted by Crippen LogP contribution is -2.28. The maximum atomic E-state index is 16.4. The number of H-pyrrole nitrogens is 2. The van der Waals surface area contributed by atoms with E-state index in [1.54, 1.807) is 24.4 Å². The van der Waals surface area contributed by atoms with Crippen LogP contribution in [0.15, 0.2) is 36.5 Å². The standard InChI is InChI=1S/C21H19FN4O/c1-4-14-9-12(2)19-15(7-8-24-19)18(14)21(22,27-3)20-25-16-6-5-13(11-23)10-17(16)26-20/h5-10,24H,4H2,1-3H3,(H,25,26). The number of fused-ring (bicyclic) bond motifs is 2. The molecule has 0 saturated heterocycles. The number of aryl methyl sites for hydroxylation is 2. The van der Waals surface area contributed by atoms with E-state index in [2.05, 4.69) is 21.0 Å². The molecule has 0 bridgehead atoms. The molecule has 0 aliphatic carbocycles. The van der Waals surface area contributed by atoms with Crippen LogP contribution in [-0.4, -0.2) is 22.1 Å². The summed E-state index contributed by atoms with van der Waals surface area (Å²) in [4.78, 5) is 10.6. The van der Waals surface area contributed by atoms with E-state index in [-0.39, 0.29) is 5.82 Å². The molecule has 2 aromatic carbocycles. The number of aromatic nitrogens is 3. The molecule has 0 amide bonds. The largest absolute Gasteiger partial charge is 0.361 e. The number of nitriles is 1. The van der Waals surface area contributed by atoms with E-state index in [1.807, 2.05) is 26.0 Å². The van der Waals surface area contributed by atoms with Gasteiger partial charge in [0.1, 0.15) is 0 Å². The van der Waals surface area contributed by atoms with Crippen molar-refractivity contribution in [3.63, 3.8) is 0 Å². The summed E-state index contributed by atoms with van der Waals surface area (Å²) in [6, 6.07) is 10.9. The van der Waals surface area contributed by atoms with Crippen LogP contribution in [-0.2, 0) is 17.0 Å². The van der Waals surface area contributed by atoms with Crippen LogP contribution < -0.4 is 0 Å². The highest BCUT2D eigenvalue weighted by Gasteiger charge is 2.41. The number of imidazole rings is 1. The predicted molar refractivity (Wildman–Crippen MR) is 102 cm³/mol. The molecule has 136 valence electrons. The van der Waals surface area contributed by atoms with Gasteiger partial charge in [0.2, 0.25) is 0 Å². The van der Waals surface area contributed by atoms with Crippen LogP contribution in [0.1, 0.15) is 35.0 Å². The van der Waals surface area contributed by atoms with E-state index in [9.17, 15) is 0 Å². The van der Waals surface area contributed by atoms with Gasteiger partial charge < -0.3 is 14.7 Å². The smallest absolute Gasteiger partial charge is 0.294 e. The summed E-state index contributed by atoms with van der Waals surface area (Å²) in [7, 11) is 1.34. The quantitative estimate of drug-likeness (QED) is 0.557. The summed E-state index contributed by atoms with van der Waals surface area (Å²) >= 11 is 0. The van der Waals surface area contributed by atoms with Crippen molar-refractivity contribution >= 4 is 21.9 Å². The fourth-order valence-corrected chi connectivity index (χ4v) is 3.69. The summed E-state index contributed by atoms with van der Waals surface area (Å²) in [6.45, 7) is 3.99. The Morgan fingerprint density at radius 2 is 2.11 bits per heavy atom. The molecule has 0 aliphatic heterocycles. The number of rotatable bonds is 4. The number of nitrogens with zero attached hydrogens (tertiary/aromatic N) is 2. The maximum absolute atomic E-state index is 16.4. The van der Waals surface area contributed by atoms with Crippen molar-refractivity contribution in [2.75, 3.05) is 7.11 Å². The molecule has 4 aromatic rings. The lowest BCUT2D eigenvalue weighted by Gasteiger charge is -2.26. The van der Waals surface area contributed by atoms with E-state index in [1.165, 1.54) is 7.11 Å². The predicted octanol–water partition coefficient (Wildman–Crippen LogP) is 4.60. The second-order valence-corrected chi connectivity index (χ2v) is 6.58. The van der Waals surface area contributed by atoms with Gasteiger partial charge in [-0.3, -0.25) is 0 Å². The van der Waals surface area contributed by atoms with Gasteiger partial charge in [-0.2, -0.15) is 9.65 Å². The van der Waals surface area contributed by atoms with E-state index >= 15 is 4.39 Å². The zero-order chi connectivity index (χ0) is 19.2. The van der Waals surface area contributed by atoms with Gasteiger partial charge in [-0.25, -0.2) is 4.98 Å². The molecule has 6 heteroatoms. The summed E-state index contributed by atoms with van der Waals surface area (Å²) in [5.74, 6) is -2.18. The van der Waals surface area contributed by atoms with Gasteiger partial charge in [0, 0.05) is 29.8 Å². The lowest BCUT2D eigenvalue weighted by molar-refractivity contribution is -0.0974. The molecular weight excluding hydrogens is 343 g/mol. The molecule has 0 radical (unpaired) electrons. The molecule has 0 spiro atoms. The van der Waals surface area contributed by atoms with E-state index in [0.29, 0.717) is 28.6 Å². The fraction of sp³-hybridized carbons (Fsp3) is 0.238. The first-order chi connectivity index (χ1) is 13.0. The van der Waals surface area contributed by atoms with Crippen molar-refractivity contribution in [1.82, 2.24) is 15.0 Å². The van der Waals surface area contributed by atoms with Crippen molar-refractivity contribution in [2.45, 2.75) is 26.1 Å². The van der Waals surface area contributed by atoms with Crippen LogP contribution in [0.25, 0.3) is 21.9 Å². The van der Waals surface area contributed by atoms with Gasteiger partial charge >= 0.3 is 0 Å². The van der Waals surface area contributed by atoms with Crippen molar-refractivity contribution in [2.24, 2.45) is 0 Å². The Kier molecular flexibility index (Phi) is 3.97. The molecule has 0 saturated carbocycles. The number of halogens is 1. The Labute approximate surface area is 155 Å². The molecule has 0 aliphatic rings.